The van der Waals surface area contributed by atoms with Gasteiger partial charge in [0.15, 0.2) is 5.17 Å². The van der Waals surface area contributed by atoms with Gasteiger partial charge in [0.05, 0.1) is 12.0 Å². The summed E-state index contributed by atoms with van der Waals surface area (Å²) in [5.74, 6) is 1.31. The number of hydrogen-bond acceptors (Lipinski definition) is 6. The van der Waals surface area contributed by atoms with E-state index in [4.69, 9.17) is 9.73 Å². The van der Waals surface area contributed by atoms with Gasteiger partial charge in [0.25, 0.3) is 5.91 Å². The first kappa shape index (κ1) is 24.1. The molecule has 1 aliphatic heterocycles. The van der Waals surface area contributed by atoms with Crippen LogP contribution in [0, 0.1) is 6.92 Å². The molecule has 1 heterocycles. The Bertz CT molecular complexity index is 1030. The van der Waals surface area contributed by atoms with E-state index in [0.717, 1.165) is 17.7 Å². The highest BCUT2D eigenvalue weighted by Crippen LogP contribution is 2.38. The molecular formula is C23H24F2N2O3S2. The van der Waals surface area contributed by atoms with Crippen LogP contribution in [-0.4, -0.2) is 48.2 Å². The Kier molecular flexibility index (Phi) is 8.58. The van der Waals surface area contributed by atoms with Gasteiger partial charge >= 0.3 is 6.61 Å². The third-order valence-electron chi connectivity index (χ3n) is 4.59. The Morgan fingerprint density at radius 2 is 2.00 bits per heavy atom. The van der Waals surface area contributed by atoms with E-state index < -0.39 is 6.61 Å². The van der Waals surface area contributed by atoms with Crippen LogP contribution in [-0.2, 0) is 4.79 Å². The van der Waals surface area contributed by atoms with Gasteiger partial charge in [-0.15, -0.1) is 0 Å². The molecule has 0 bridgehead atoms. The maximum atomic E-state index is 13.2. The maximum Gasteiger partial charge on any atom is 0.387 e. The number of carbonyl (C=O) groups is 1. The average Bonchev–Trinajstić information content (AvgIpc) is 3.04. The summed E-state index contributed by atoms with van der Waals surface area (Å²) in [6.45, 7) is -0.487. The molecular weight excluding hydrogens is 454 g/mol. The molecule has 0 atom stereocenters. The normalized spacial score (nSPS) is 16.4. The molecule has 2 aromatic rings. The highest BCUT2D eigenvalue weighted by molar-refractivity contribution is 8.18. The van der Waals surface area contributed by atoms with Crippen LogP contribution in [0.25, 0.3) is 6.08 Å². The number of nitrogens with zero attached hydrogens (tertiary/aromatic N) is 2. The molecule has 0 aromatic heterocycles. The van der Waals surface area contributed by atoms with E-state index in [1.54, 1.807) is 48.0 Å². The van der Waals surface area contributed by atoms with Gasteiger partial charge in [-0.3, -0.25) is 9.69 Å². The summed E-state index contributed by atoms with van der Waals surface area (Å²) in [6, 6.07) is 12.1. The predicted octanol–water partition coefficient (Wildman–Crippen LogP) is 5.96. The van der Waals surface area contributed by atoms with E-state index >= 15 is 0 Å². The van der Waals surface area contributed by atoms with Crippen molar-refractivity contribution in [3.05, 3.63) is 58.5 Å². The van der Waals surface area contributed by atoms with Gasteiger partial charge in [0.1, 0.15) is 17.2 Å². The molecule has 170 valence electrons. The van der Waals surface area contributed by atoms with Crippen LogP contribution in [0.3, 0.4) is 0 Å². The quantitative estimate of drug-likeness (QED) is 0.329. The standard InChI is InChI=1S/C23H24F2N2O3S2/c1-15-9-10-19(29-2)17(13-15)26-23-27(11-6-12-31-3)21(28)20(32-23)14-16-7-4-5-8-18(16)30-22(24)25/h4-5,7-10,13-14,22H,6,11-12H2,1-3H3/b20-14-,26-23?. The number of rotatable bonds is 9. The topological polar surface area (TPSA) is 51.1 Å². The Morgan fingerprint density at radius 1 is 1.22 bits per heavy atom. The molecule has 1 amide bonds. The number of halogens is 2. The summed E-state index contributed by atoms with van der Waals surface area (Å²) >= 11 is 2.91. The number of hydrogen-bond donors (Lipinski definition) is 0. The second kappa shape index (κ2) is 11.4. The lowest BCUT2D eigenvalue weighted by Gasteiger charge is -2.15. The molecule has 1 aliphatic rings. The number of thioether (sulfide) groups is 2. The summed E-state index contributed by atoms with van der Waals surface area (Å²) < 4.78 is 35.6. The minimum Gasteiger partial charge on any atom is -0.494 e. The van der Waals surface area contributed by atoms with E-state index in [9.17, 15) is 13.6 Å². The van der Waals surface area contributed by atoms with Gasteiger partial charge in [-0.2, -0.15) is 20.5 Å². The van der Waals surface area contributed by atoms with Crippen LogP contribution < -0.4 is 9.47 Å². The number of amides is 1. The first-order valence-electron chi connectivity index (χ1n) is 9.90. The minimum atomic E-state index is -2.95. The Morgan fingerprint density at radius 3 is 2.72 bits per heavy atom. The molecule has 0 N–H and O–H groups in total. The average molecular weight is 479 g/mol. The second-order valence-corrected chi connectivity index (χ2v) is 8.89. The van der Waals surface area contributed by atoms with E-state index in [-0.39, 0.29) is 11.7 Å². The van der Waals surface area contributed by atoms with Crippen molar-refractivity contribution in [3.8, 4) is 11.5 Å². The summed E-state index contributed by atoms with van der Waals surface area (Å²) in [5, 5.41) is 0.526. The molecule has 0 unspecified atom stereocenters. The molecule has 0 radical (unpaired) electrons. The molecule has 0 saturated carbocycles. The molecule has 0 aliphatic carbocycles. The van der Waals surface area contributed by atoms with Crippen molar-refractivity contribution in [2.45, 2.75) is 20.0 Å². The van der Waals surface area contributed by atoms with Gasteiger partial charge in [-0.05, 0) is 67.0 Å². The number of methoxy groups -OCH3 is 1. The largest absolute Gasteiger partial charge is 0.494 e. The van der Waals surface area contributed by atoms with Crippen molar-refractivity contribution < 1.29 is 23.0 Å². The third-order valence-corrected chi connectivity index (χ3v) is 6.29. The van der Waals surface area contributed by atoms with E-state index in [2.05, 4.69) is 4.74 Å². The third kappa shape index (κ3) is 6.04. The Balaban J connectivity index is 1.99. The number of para-hydroxylation sites is 1. The lowest BCUT2D eigenvalue weighted by molar-refractivity contribution is -0.122. The predicted molar refractivity (Wildman–Crippen MR) is 128 cm³/mol. The Labute approximate surface area is 194 Å². The Hall–Kier alpha value is -2.52. The molecule has 3 rings (SSSR count). The van der Waals surface area contributed by atoms with Crippen LogP contribution in [0.1, 0.15) is 17.5 Å². The zero-order chi connectivity index (χ0) is 23.1. The zero-order valence-corrected chi connectivity index (χ0v) is 19.6. The zero-order valence-electron chi connectivity index (χ0n) is 18.0. The summed E-state index contributed by atoms with van der Waals surface area (Å²) in [4.78, 5) is 19.9. The summed E-state index contributed by atoms with van der Waals surface area (Å²) in [5.41, 5.74) is 2.05. The van der Waals surface area contributed by atoms with Crippen LogP contribution in [0.15, 0.2) is 52.4 Å². The fraction of sp³-hybridized carbons (Fsp3) is 0.304. The SMILES string of the molecule is COc1ccc(C)cc1N=C1S/C(=C\c2ccccc2OC(F)F)C(=O)N1CCCSC. The van der Waals surface area contributed by atoms with Crippen molar-refractivity contribution in [1.29, 1.82) is 0 Å². The van der Waals surface area contributed by atoms with Crippen LogP contribution in [0.2, 0.25) is 0 Å². The molecule has 1 fully saturated rings. The molecule has 2 aromatic carbocycles. The number of aryl methyl sites for hydroxylation is 1. The summed E-state index contributed by atoms with van der Waals surface area (Å²) in [7, 11) is 1.57. The fourth-order valence-electron chi connectivity index (χ4n) is 3.09. The fourth-order valence-corrected chi connectivity index (χ4v) is 4.52. The van der Waals surface area contributed by atoms with Crippen molar-refractivity contribution in [3.63, 3.8) is 0 Å². The van der Waals surface area contributed by atoms with E-state index in [1.165, 1.54) is 17.8 Å². The van der Waals surface area contributed by atoms with Gasteiger partial charge in [0.2, 0.25) is 0 Å². The van der Waals surface area contributed by atoms with Crippen LogP contribution in [0.5, 0.6) is 11.5 Å². The van der Waals surface area contributed by atoms with Gasteiger partial charge in [-0.1, -0.05) is 24.3 Å². The number of ether oxygens (including phenoxy) is 2. The highest BCUT2D eigenvalue weighted by atomic mass is 32.2. The number of alkyl halides is 2. The molecule has 0 spiro atoms. The van der Waals surface area contributed by atoms with Crippen LogP contribution in [0.4, 0.5) is 14.5 Å². The maximum absolute atomic E-state index is 13.2. The van der Waals surface area contributed by atoms with Crippen molar-refractivity contribution >= 4 is 46.4 Å². The smallest absolute Gasteiger partial charge is 0.387 e. The second-order valence-electron chi connectivity index (χ2n) is 6.90. The molecule has 32 heavy (non-hydrogen) atoms. The first-order valence-corrected chi connectivity index (χ1v) is 12.1. The van der Waals surface area contributed by atoms with E-state index in [0.29, 0.717) is 33.6 Å². The van der Waals surface area contributed by atoms with Crippen molar-refractivity contribution in [1.82, 2.24) is 4.90 Å². The number of carbonyl (C=O) groups excluding carboxylic acids is 1. The van der Waals surface area contributed by atoms with Gasteiger partial charge in [-0.25, -0.2) is 4.99 Å². The minimum absolute atomic E-state index is 0.0167. The highest BCUT2D eigenvalue weighted by Gasteiger charge is 2.33. The van der Waals surface area contributed by atoms with Gasteiger partial charge in [0, 0.05) is 12.1 Å². The summed E-state index contributed by atoms with van der Waals surface area (Å²) in [6.07, 6.45) is 4.39. The lowest BCUT2D eigenvalue weighted by Crippen LogP contribution is -2.30. The van der Waals surface area contributed by atoms with Crippen LogP contribution >= 0.6 is 23.5 Å². The lowest BCUT2D eigenvalue weighted by atomic mass is 10.2. The number of aliphatic imine (C=N–C) groups is 1. The van der Waals surface area contributed by atoms with Crippen molar-refractivity contribution in [2.75, 3.05) is 25.7 Å². The van der Waals surface area contributed by atoms with Gasteiger partial charge < -0.3 is 9.47 Å². The molecule has 5 nitrogen and oxygen atoms in total. The number of amidine groups is 1. The molecule has 1 saturated heterocycles. The monoisotopic (exact) mass is 478 g/mol. The van der Waals surface area contributed by atoms with E-state index in [1.807, 2.05) is 31.4 Å². The number of benzene rings is 2. The molecule has 9 heteroatoms. The van der Waals surface area contributed by atoms with Crippen molar-refractivity contribution in [2.24, 2.45) is 4.99 Å². The first-order chi connectivity index (χ1) is 15.4.